The Kier molecular flexibility index (Phi) is 6.66. The van der Waals surface area contributed by atoms with Crippen molar-refractivity contribution in [3.05, 3.63) is 47.8 Å². The minimum Gasteiger partial charge on any atom is -0.387 e. The zero-order valence-electron chi connectivity index (χ0n) is 12.9. The highest BCUT2D eigenvalue weighted by Gasteiger charge is 2.11. The van der Waals surface area contributed by atoms with Crippen LogP contribution in [0.2, 0.25) is 0 Å². The zero-order chi connectivity index (χ0) is 15.6. The van der Waals surface area contributed by atoms with Crippen LogP contribution in [0.3, 0.4) is 0 Å². The van der Waals surface area contributed by atoms with Crippen LogP contribution in [-0.2, 0) is 6.54 Å². The van der Waals surface area contributed by atoms with Crippen molar-refractivity contribution in [2.45, 2.75) is 51.2 Å². The third-order valence-corrected chi connectivity index (χ3v) is 3.63. The number of benzene rings is 1. The van der Waals surface area contributed by atoms with E-state index >= 15 is 0 Å². The molecule has 1 atom stereocenters. The molecule has 1 aromatic heterocycles. The first kappa shape index (κ1) is 16.3. The van der Waals surface area contributed by atoms with Crippen molar-refractivity contribution >= 4 is 0 Å². The second-order valence-electron chi connectivity index (χ2n) is 5.50. The standard InChI is InChI=1S/C18H23N3O/c1-2-3-4-5-6-10-13-18(22)17-15-21(20-19-17)14-16-11-8-7-9-12-16/h1,7-9,11-12,15,18,22H,3-6,10,13-14H2. The molecule has 0 radical (unpaired) electrons. The van der Waals surface area contributed by atoms with Crippen molar-refractivity contribution in [3.8, 4) is 12.3 Å². The molecule has 0 amide bonds. The van der Waals surface area contributed by atoms with Crippen molar-refractivity contribution < 1.29 is 5.11 Å². The zero-order valence-corrected chi connectivity index (χ0v) is 12.9. The first-order chi connectivity index (χ1) is 10.8. The minimum absolute atomic E-state index is 0.530. The molecule has 0 aliphatic rings. The summed E-state index contributed by atoms with van der Waals surface area (Å²) in [6.07, 6.45) is 12.4. The third kappa shape index (κ3) is 5.34. The monoisotopic (exact) mass is 297 g/mol. The molecule has 1 N–H and O–H groups in total. The number of rotatable bonds is 9. The van der Waals surface area contributed by atoms with Crippen LogP contribution >= 0.6 is 0 Å². The summed E-state index contributed by atoms with van der Waals surface area (Å²) in [6.45, 7) is 0.673. The molecule has 4 nitrogen and oxygen atoms in total. The number of aliphatic hydroxyl groups excluding tert-OH is 1. The minimum atomic E-state index is -0.530. The second kappa shape index (κ2) is 9.01. The fourth-order valence-electron chi connectivity index (χ4n) is 2.38. The van der Waals surface area contributed by atoms with E-state index in [4.69, 9.17) is 6.42 Å². The van der Waals surface area contributed by atoms with Gasteiger partial charge in [-0.15, -0.1) is 17.4 Å². The summed E-state index contributed by atoms with van der Waals surface area (Å²) in [7, 11) is 0. The van der Waals surface area contributed by atoms with Gasteiger partial charge in [-0.2, -0.15) is 0 Å². The molecule has 0 aliphatic heterocycles. The first-order valence-corrected chi connectivity index (χ1v) is 7.85. The Balaban J connectivity index is 1.74. The molecule has 1 heterocycles. The van der Waals surface area contributed by atoms with E-state index in [1.165, 1.54) is 5.56 Å². The summed E-state index contributed by atoms with van der Waals surface area (Å²) in [4.78, 5) is 0. The topological polar surface area (TPSA) is 50.9 Å². The third-order valence-electron chi connectivity index (χ3n) is 3.63. The molecule has 0 spiro atoms. The van der Waals surface area contributed by atoms with Gasteiger partial charge in [0.05, 0.1) is 18.8 Å². The van der Waals surface area contributed by atoms with Crippen LogP contribution in [0.4, 0.5) is 0 Å². The average molecular weight is 297 g/mol. The van der Waals surface area contributed by atoms with Gasteiger partial charge in [0, 0.05) is 6.42 Å². The molecule has 2 rings (SSSR count). The van der Waals surface area contributed by atoms with E-state index in [-0.39, 0.29) is 0 Å². The number of hydrogen-bond donors (Lipinski definition) is 1. The summed E-state index contributed by atoms with van der Waals surface area (Å²) < 4.78 is 1.76. The Hall–Kier alpha value is -2.12. The van der Waals surface area contributed by atoms with Crippen LogP contribution in [0.1, 0.15) is 55.9 Å². The Labute approximate surface area is 132 Å². The highest BCUT2D eigenvalue weighted by molar-refractivity contribution is 5.15. The lowest BCUT2D eigenvalue weighted by atomic mass is 10.1. The van der Waals surface area contributed by atoms with Gasteiger partial charge in [-0.3, -0.25) is 0 Å². The molecule has 0 aliphatic carbocycles. The first-order valence-electron chi connectivity index (χ1n) is 7.85. The van der Waals surface area contributed by atoms with Crippen molar-refractivity contribution in [1.29, 1.82) is 0 Å². The maximum atomic E-state index is 10.2. The normalized spacial score (nSPS) is 12.0. The lowest BCUT2D eigenvalue weighted by Crippen LogP contribution is -2.00. The molecular formula is C18H23N3O. The van der Waals surface area contributed by atoms with E-state index in [1.54, 1.807) is 4.68 Å². The predicted octanol–water partition coefficient (Wildman–Crippen LogP) is 3.33. The second-order valence-corrected chi connectivity index (χ2v) is 5.50. The fourth-order valence-corrected chi connectivity index (χ4v) is 2.38. The number of hydrogen-bond acceptors (Lipinski definition) is 3. The Bertz CT molecular complexity index is 586. The SMILES string of the molecule is C#CCCCCCCC(O)c1cn(Cc2ccccc2)nn1. The van der Waals surface area contributed by atoms with Gasteiger partial charge in [-0.25, -0.2) is 4.68 Å². The van der Waals surface area contributed by atoms with Gasteiger partial charge in [-0.1, -0.05) is 54.8 Å². The van der Waals surface area contributed by atoms with E-state index in [1.807, 2.05) is 36.5 Å². The van der Waals surface area contributed by atoms with E-state index in [2.05, 4.69) is 16.2 Å². The van der Waals surface area contributed by atoms with Gasteiger partial charge < -0.3 is 5.11 Å². The van der Waals surface area contributed by atoms with Gasteiger partial charge in [0.1, 0.15) is 5.69 Å². The van der Waals surface area contributed by atoms with E-state index in [0.29, 0.717) is 12.2 Å². The molecule has 2 aromatic rings. The number of aliphatic hydroxyl groups is 1. The van der Waals surface area contributed by atoms with Gasteiger partial charge in [0.25, 0.3) is 0 Å². The van der Waals surface area contributed by atoms with Crippen LogP contribution in [-0.4, -0.2) is 20.1 Å². The number of aromatic nitrogens is 3. The van der Waals surface area contributed by atoms with E-state index < -0.39 is 6.10 Å². The lowest BCUT2D eigenvalue weighted by Gasteiger charge is -2.06. The quantitative estimate of drug-likeness (QED) is 0.570. The molecule has 0 fully saturated rings. The smallest absolute Gasteiger partial charge is 0.111 e. The number of terminal acetylenes is 1. The molecule has 22 heavy (non-hydrogen) atoms. The van der Waals surface area contributed by atoms with Gasteiger partial charge in [0.2, 0.25) is 0 Å². The van der Waals surface area contributed by atoms with Crippen LogP contribution in [0.15, 0.2) is 36.5 Å². The largest absolute Gasteiger partial charge is 0.387 e. The van der Waals surface area contributed by atoms with E-state index in [0.717, 1.165) is 38.5 Å². The molecule has 0 saturated heterocycles. The van der Waals surface area contributed by atoms with Crippen LogP contribution < -0.4 is 0 Å². The maximum Gasteiger partial charge on any atom is 0.111 e. The van der Waals surface area contributed by atoms with Crippen molar-refractivity contribution in [1.82, 2.24) is 15.0 Å². The van der Waals surface area contributed by atoms with Crippen molar-refractivity contribution in [2.75, 3.05) is 0 Å². The number of unbranched alkanes of at least 4 members (excludes halogenated alkanes) is 4. The highest BCUT2D eigenvalue weighted by atomic mass is 16.3. The molecule has 1 aromatic carbocycles. The Morgan fingerprint density at radius 3 is 2.68 bits per heavy atom. The molecule has 4 heteroatoms. The molecule has 1 unspecified atom stereocenters. The Morgan fingerprint density at radius 2 is 1.91 bits per heavy atom. The highest BCUT2D eigenvalue weighted by Crippen LogP contribution is 2.18. The van der Waals surface area contributed by atoms with Crippen LogP contribution in [0, 0.1) is 12.3 Å². The van der Waals surface area contributed by atoms with Gasteiger partial charge in [-0.05, 0) is 18.4 Å². The fraction of sp³-hybridized carbons (Fsp3) is 0.444. The summed E-state index contributed by atoms with van der Waals surface area (Å²) in [5.41, 5.74) is 1.82. The lowest BCUT2D eigenvalue weighted by molar-refractivity contribution is 0.158. The molecule has 116 valence electrons. The van der Waals surface area contributed by atoms with Crippen LogP contribution in [0.5, 0.6) is 0 Å². The molecule has 0 bridgehead atoms. The average Bonchev–Trinajstić information content (AvgIpc) is 3.00. The summed E-state index contributed by atoms with van der Waals surface area (Å²) in [5, 5.41) is 18.3. The van der Waals surface area contributed by atoms with Gasteiger partial charge in [0.15, 0.2) is 0 Å². The van der Waals surface area contributed by atoms with Gasteiger partial charge >= 0.3 is 0 Å². The molecular weight excluding hydrogens is 274 g/mol. The summed E-state index contributed by atoms with van der Waals surface area (Å²) >= 11 is 0. The van der Waals surface area contributed by atoms with Crippen molar-refractivity contribution in [2.24, 2.45) is 0 Å². The molecule has 0 saturated carbocycles. The van der Waals surface area contributed by atoms with Crippen molar-refractivity contribution in [3.63, 3.8) is 0 Å². The summed E-state index contributed by atoms with van der Waals surface area (Å²) in [6, 6.07) is 10.1. The Morgan fingerprint density at radius 1 is 1.14 bits per heavy atom. The van der Waals surface area contributed by atoms with Crippen LogP contribution in [0.25, 0.3) is 0 Å². The van der Waals surface area contributed by atoms with E-state index in [9.17, 15) is 5.11 Å². The number of nitrogens with zero attached hydrogens (tertiary/aromatic N) is 3. The summed E-state index contributed by atoms with van der Waals surface area (Å²) in [5.74, 6) is 2.65. The maximum absolute atomic E-state index is 10.2. The predicted molar refractivity (Wildman–Crippen MR) is 87.1 cm³/mol.